The van der Waals surface area contributed by atoms with Crippen LogP contribution in [0.5, 0.6) is 0 Å². The third-order valence-electron chi connectivity index (χ3n) is 2.01. The summed E-state index contributed by atoms with van der Waals surface area (Å²) in [5.41, 5.74) is 0. The third-order valence-corrected chi connectivity index (χ3v) is 2.01. The summed E-state index contributed by atoms with van der Waals surface area (Å²) >= 11 is 0. The highest BCUT2D eigenvalue weighted by atomic mass is 16.2. The molecule has 0 spiro atoms. The lowest BCUT2D eigenvalue weighted by molar-refractivity contribution is -0.144. The highest BCUT2D eigenvalue weighted by molar-refractivity contribution is 5.94. The van der Waals surface area contributed by atoms with Crippen LogP contribution in [0.15, 0.2) is 0 Å². The summed E-state index contributed by atoms with van der Waals surface area (Å²) in [7, 11) is 1.65. The topological polar surface area (TPSA) is 49.4 Å². The van der Waals surface area contributed by atoms with Crippen molar-refractivity contribution in [2.24, 2.45) is 5.92 Å². The Labute approximate surface area is 71.9 Å². The van der Waals surface area contributed by atoms with E-state index in [0.29, 0.717) is 0 Å². The minimum absolute atomic E-state index is 0.00426. The Kier molecular flexibility index (Phi) is 2.35. The van der Waals surface area contributed by atoms with Crippen molar-refractivity contribution in [2.45, 2.75) is 19.9 Å². The smallest absolute Gasteiger partial charge is 0.245 e. The third kappa shape index (κ3) is 1.57. The molecule has 0 radical (unpaired) electrons. The molecule has 1 fully saturated rings. The number of amides is 2. The van der Waals surface area contributed by atoms with Crippen LogP contribution >= 0.6 is 0 Å². The molecule has 0 aromatic rings. The summed E-state index contributed by atoms with van der Waals surface area (Å²) in [6.07, 6.45) is 0. The lowest BCUT2D eigenvalue weighted by atomic mass is 10.0. The van der Waals surface area contributed by atoms with Crippen LogP contribution in [-0.4, -0.2) is 36.3 Å². The standard InChI is InChI=1S/C8H14N2O2/c1-5(2)7-8(12)10(3)4-6(11)9-7/h5,7H,4H2,1-3H3,(H,9,11)/t7-/m0/s1. The van der Waals surface area contributed by atoms with Gasteiger partial charge in [-0.05, 0) is 5.92 Å². The van der Waals surface area contributed by atoms with Gasteiger partial charge in [-0.25, -0.2) is 0 Å². The number of nitrogens with one attached hydrogen (secondary N) is 1. The summed E-state index contributed by atoms with van der Waals surface area (Å²) in [5.74, 6) is 0.0876. The van der Waals surface area contributed by atoms with E-state index in [1.165, 1.54) is 4.90 Å². The predicted octanol–water partition coefficient (Wildman–Crippen LogP) is -0.401. The molecule has 1 aliphatic heterocycles. The molecular weight excluding hydrogens is 156 g/mol. The fourth-order valence-corrected chi connectivity index (χ4v) is 1.26. The van der Waals surface area contributed by atoms with Crippen molar-refractivity contribution in [1.29, 1.82) is 0 Å². The fraction of sp³-hybridized carbons (Fsp3) is 0.750. The molecule has 0 saturated carbocycles. The van der Waals surface area contributed by atoms with E-state index in [4.69, 9.17) is 0 Å². The van der Waals surface area contributed by atoms with Gasteiger partial charge < -0.3 is 10.2 Å². The van der Waals surface area contributed by atoms with Gasteiger partial charge >= 0.3 is 0 Å². The van der Waals surface area contributed by atoms with Gasteiger partial charge in [-0.1, -0.05) is 13.8 Å². The van der Waals surface area contributed by atoms with Crippen molar-refractivity contribution in [3.63, 3.8) is 0 Å². The molecule has 1 aliphatic rings. The van der Waals surface area contributed by atoms with Crippen LogP contribution in [0.1, 0.15) is 13.8 Å². The molecule has 2 amide bonds. The minimum Gasteiger partial charge on any atom is -0.343 e. The maximum Gasteiger partial charge on any atom is 0.245 e. The summed E-state index contributed by atoms with van der Waals surface area (Å²) in [4.78, 5) is 23.9. The fourth-order valence-electron chi connectivity index (χ4n) is 1.26. The van der Waals surface area contributed by atoms with Gasteiger partial charge in [-0.2, -0.15) is 0 Å². The van der Waals surface area contributed by atoms with Gasteiger partial charge in [-0.3, -0.25) is 9.59 Å². The summed E-state index contributed by atoms with van der Waals surface area (Å²) in [5, 5.41) is 2.67. The number of piperazine rings is 1. The molecule has 4 nitrogen and oxygen atoms in total. The molecule has 0 aliphatic carbocycles. The molecule has 1 saturated heterocycles. The number of rotatable bonds is 1. The van der Waals surface area contributed by atoms with E-state index >= 15 is 0 Å². The Morgan fingerprint density at radius 2 is 2.08 bits per heavy atom. The van der Waals surface area contributed by atoms with Crippen LogP contribution in [0.25, 0.3) is 0 Å². The number of nitrogens with zero attached hydrogens (tertiary/aromatic N) is 1. The van der Waals surface area contributed by atoms with Gasteiger partial charge in [0.25, 0.3) is 0 Å². The Morgan fingerprint density at radius 3 is 2.58 bits per heavy atom. The maximum absolute atomic E-state index is 11.4. The van der Waals surface area contributed by atoms with Crippen LogP contribution in [0.4, 0.5) is 0 Å². The van der Waals surface area contributed by atoms with Crippen LogP contribution < -0.4 is 5.32 Å². The van der Waals surface area contributed by atoms with Gasteiger partial charge in [-0.15, -0.1) is 0 Å². The lowest BCUT2D eigenvalue weighted by Gasteiger charge is -2.31. The molecule has 0 bridgehead atoms. The summed E-state index contributed by atoms with van der Waals surface area (Å²) < 4.78 is 0. The average molecular weight is 170 g/mol. The molecule has 1 N–H and O–H groups in total. The Bertz CT molecular complexity index is 213. The van der Waals surface area contributed by atoms with Gasteiger partial charge in [0.1, 0.15) is 6.04 Å². The lowest BCUT2D eigenvalue weighted by Crippen LogP contribution is -2.58. The van der Waals surface area contributed by atoms with E-state index < -0.39 is 0 Å². The van der Waals surface area contributed by atoms with Crippen LogP contribution in [0, 0.1) is 5.92 Å². The van der Waals surface area contributed by atoms with Crippen LogP contribution in [-0.2, 0) is 9.59 Å². The highest BCUT2D eigenvalue weighted by Gasteiger charge is 2.32. The molecule has 0 unspecified atom stereocenters. The van der Waals surface area contributed by atoms with E-state index in [9.17, 15) is 9.59 Å². The van der Waals surface area contributed by atoms with E-state index in [0.717, 1.165) is 0 Å². The maximum atomic E-state index is 11.4. The van der Waals surface area contributed by atoms with E-state index in [1.54, 1.807) is 7.05 Å². The normalized spacial score (nSPS) is 24.7. The monoisotopic (exact) mass is 170 g/mol. The Hall–Kier alpha value is -1.06. The van der Waals surface area contributed by atoms with Crippen molar-refractivity contribution in [3.05, 3.63) is 0 Å². The molecule has 1 atom stereocenters. The Balaban J connectivity index is 2.73. The van der Waals surface area contributed by atoms with Crippen molar-refractivity contribution in [2.75, 3.05) is 13.6 Å². The molecule has 68 valence electrons. The zero-order valence-corrected chi connectivity index (χ0v) is 7.63. The average Bonchev–Trinajstić information content (AvgIpc) is 1.96. The molecule has 1 rings (SSSR count). The molecular formula is C8H14N2O2. The molecule has 1 heterocycles. The molecule has 0 aromatic carbocycles. The first-order valence-electron chi connectivity index (χ1n) is 4.06. The quantitative estimate of drug-likeness (QED) is 0.582. The summed E-state index contributed by atoms with van der Waals surface area (Å²) in [6.45, 7) is 4.02. The first kappa shape index (κ1) is 9.03. The van der Waals surface area contributed by atoms with Gasteiger partial charge in [0.2, 0.25) is 11.8 Å². The van der Waals surface area contributed by atoms with E-state index in [1.807, 2.05) is 13.8 Å². The van der Waals surface area contributed by atoms with Crippen molar-refractivity contribution in [1.82, 2.24) is 10.2 Å². The molecule has 0 aromatic heterocycles. The number of hydrogen-bond donors (Lipinski definition) is 1. The number of likely N-dealkylation sites (N-methyl/N-ethyl adjacent to an activating group) is 1. The first-order valence-corrected chi connectivity index (χ1v) is 4.06. The largest absolute Gasteiger partial charge is 0.343 e. The number of carbonyl (C=O) groups is 2. The second-order valence-electron chi connectivity index (χ2n) is 3.48. The summed E-state index contributed by atoms with van der Waals surface area (Å²) in [6, 6.07) is -0.337. The second-order valence-corrected chi connectivity index (χ2v) is 3.48. The predicted molar refractivity (Wildman–Crippen MR) is 44.4 cm³/mol. The van der Waals surface area contributed by atoms with Crippen molar-refractivity contribution >= 4 is 11.8 Å². The first-order chi connectivity index (χ1) is 5.52. The highest BCUT2D eigenvalue weighted by Crippen LogP contribution is 2.08. The molecule has 4 heteroatoms. The van der Waals surface area contributed by atoms with Crippen molar-refractivity contribution in [3.8, 4) is 0 Å². The van der Waals surface area contributed by atoms with Gasteiger partial charge in [0.05, 0.1) is 6.54 Å². The SMILES string of the molecule is CC(C)[C@@H]1NC(=O)CN(C)C1=O. The van der Waals surface area contributed by atoms with Crippen LogP contribution in [0.3, 0.4) is 0 Å². The molecule has 12 heavy (non-hydrogen) atoms. The second kappa shape index (κ2) is 3.13. The Morgan fingerprint density at radius 1 is 1.50 bits per heavy atom. The van der Waals surface area contributed by atoms with Gasteiger partial charge in [0, 0.05) is 7.05 Å². The zero-order valence-electron chi connectivity index (χ0n) is 7.63. The minimum atomic E-state index is -0.337. The number of carbonyl (C=O) groups excluding carboxylic acids is 2. The van der Waals surface area contributed by atoms with Crippen LogP contribution in [0.2, 0.25) is 0 Å². The van der Waals surface area contributed by atoms with E-state index in [-0.39, 0.29) is 30.3 Å². The van der Waals surface area contributed by atoms with E-state index in [2.05, 4.69) is 5.32 Å². The number of hydrogen-bond acceptors (Lipinski definition) is 2. The van der Waals surface area contributed by atoms with Crippen molar-refractivity contribution < 1.29 is 9.59 Å². The van der Waals surface area contributed by atoms with Gasteiger partial charge in [0.15, 0.2) is 0 Å². The zero-order chi connectivity index (χ0) is 9.30.